The number of carbonyl (C=O) groups is 2. The molecule has 0 atom stereocenters. The van der Waals surface area contributed by atoms with Crippen molar-refractivity contribution in [1.82, 2.24) is 20.4 Å². The van der Waals surface area contributed by atoms with Crippen LogP contribution in [-0.2, 0) is 17.9 Å². The Bertz CT molecular complexity index is 1140. The van der Waals surface area contributed by atoms with Crippen LogP contribution in [0.3, 0.4) is 0 Å². The second-order valence-electron chi connectivity index (χ2n) is 6.99. The number of benzene rings is 2. The molecule has 7 nitrogen and oxygen atoms in total. The Balaban J connectivity index is 1.43. The zero-order valence-electron chi connectivity index (χ0n) is 16.8. The Morgan fingerprint density at radius 2 is 1.65 bits per heavy atom. The highest BCUT2D eigenvalue weighted by Gasteiger charge is 2.14. The molecule has 156 valence electrons. The maximum atomic E-state index is 12.3. The molecule has 31 heavy (non-hydrogen) atoms. The minimum absolute atomic E-state index is 0.141. The number of nitrogens with zero attached hydrogens (tertiary/aromatic N) is 2. The average molecular weight is 414 g/mol. The summed E-state index contributed by atoms with van der Waals surface area (Å²) < 4.78 is 6.89. The second-order valence-corrected chi connectivity index (χ2v) is 6.99. The molecule has 0 unspecified atom stereocenters. The third kappa shape index (κ3) is 5.27. The van der Waals surface area contributed by atoms with Crippen molar-refractivity contribution < 1.29 is 14.0 Å². The van der Waals surface area contributed by atoms with Crippen LogP contribution in [0.25, 0.3) is 11.3 Å². The zero-order valence-corrected chi connectivity index (χ0v) is 16.8. The van der Waals surface area contributed by atoms with Gasteiger partial charge in [0, 0.05) is 23.9 Å². The lowest BCUT2D eigenvalue weighted by Gasteiger charge is -2.06. The molecule has 2 amide bonds. The topological polar surface area (TPSA) is 89.2 Å². The number of hydrogen-bond acceptors (Lipinski definition) is 4. The maximum Gasteiger partial charge on any atom is 0.287 e. The largest absolute Gasteiger partial charge is 0.459 e. The van der Waals surface area contributed by atoms with Crippen molar-refractivity contribution in [2.24, 2.45) is 0 Å². The van der Waals surface area contributed by atoms with Gasteiger partial charge in [-0.1, -0.05) is 60.7 Å². The van der Waals surface area contributed by atoms with Gasteiger partial charge in [0.05, 0.1) is 25.0 Å². The van der Waals surface area contributed by atoms with Crippen molar-refractivity contribution in [1.29, 1.82) is 0 Å². The number of aromatic nitrogens is 2. The first kappa shape index (κ1) is 20.2. The molecular weight excluding hydrogens is 392 g/mol. The van der Waals surface area contributed by atoms with Gasteiger partial charge >= 0.3 is 0 Å². The predicted molar refractivity (Wildman–Crippen MR) is 116 cm³/mol. The van der Waals surface area contributed by atoms with E-state index in [1.807, 2.05) is 71.5 Å². The zero-order chi connectivity index (χ0) is 21.5. The van der Waals surface area contributed by atoms with Crippen LogP contribution in [0.15, 0.2) is 89.7 Å². The minimum Gasteiger partial charge on any atom is -0.459 e. The van der Waals surface area contributed by atoms with Gasteiger partial charge in [0.15, 0.2) is 5.76 Å². The molecule has 0 aliphatic carbocycles. The summed E-state index contributed by atoms with van der Waals surface area (Å²) in [5, 5.41) is 10.1. The third-order valence-electron chi connectivity index (χ3n) is 4.70. The maximum absolute atomic E-state index is 12.3. The number of nitrogens with one attached hydrogen (secondary N) is 2. The number of hydrogen-bond donors (Lipinski definition) is 2. The Kier molecular flexibility index (Phi) is 6.23. The van der Waals surface area contributed by atoms with Gasteiger partial charge in [-0.25, -0.2) is 0 Å². The monoisotopic (exact) mass is 414 g/mol. The molecule has 4 aromatic rings. The molecule has 7 heteroatoms. The number of amides is 2. The fraction of sp³-hybridized carbons (Fsp3) is 0.125. The third-order valence-corrected chi connectivity index (χ3v) is 4.70. The Morgan fingerprint density at radius 3 is 2.35 bits per heavy atom. The van der Waals surface area contributed by atoms with E-state index >= 15 is 0 Å². The quantitative estimate of drug-likeness (QED) is 0.463. The summed E-state index contributed by atoms with van der Waals surface area (Å²) in [5.74, 6) is -0.558. The van der Waals surface area contributed by atoms with Gasteiger partial charge in [0.1, 0.15) is 0 Å². The molecule has 0 aliphatic heterocycles. The summed E-state index contributed by atoms with van der Waals surface area (Å²) in [6.07, 6.45) is 3.35. The van der Waals surface area contributed by atoms with Gasteiger partial charge in [-0.15, -0.1) is 0 Å². The van der Waals surface area contributed by atoms with E-state index in [-0.39, 0.29) is 18.2 Å². The van der Waals surface area contributed by atoms with Gasteiger partial charge in [-0.05, 0) is 17.7 Å². The van der Waals surface area contributed by atoms with E-state index in [0.717, 1.165) is 22.4 Å². The van der Waals surface area contributed by atoms with Crippen LogP contribution in [0.4, 0.5) is 0 Å². The first-order valence-electron chi connectivity index (χ1n) is 9.93. The van der Waals surface area contributed by atoms with Gasteiger partial charge < -0.3 is 15.1 Å². The SMILES string of the molecule is O=C(CNC(=O)c1ccco1)NCc1cn(Cc2ccccc2)nc1-c1ccccc1. The van der Waals surface area contributed by atoms with Crippen molar-refractivity contribution >= 4 is 11.8 Å². The molecule has 2 aromatic carbocycles. The van der Waals surface area contributed by atoms with Gasteiger partial charge in [-0.2, -0.15) is 5.10 Å². The van der Waals surface area contributed by atoms with Crippen molar-refractivity contribution in [3.63, 3.8) is 0 Å². The van der Waals surface area contributed by atoms with E-state index in [2.05, 4.69) is 10.6 Å². The lowest BCUT2D eigenvalue weighted by molar-refractivity contribution is -0.120. The van der Waals surface area contributed by atoms with Crippen LogP contribution in [0, 0.1) is 0 Å². The smallest absolute Gasteiger partial charge is 0.287 e. The van der Waals surface area contributed by atoms with Crippen molar-refractivity contribution in [3.05, 3.63) is 102 Å². The average Bonchev–Trinajstić information content (AvgIpc) is 3.48. The summed E-state index contributed by atoms with van der Waals surface area (Å²) in [5.41, 5.74) is 3.83. The molecule has 2 N–H and O–H groups in total. The molecule has 0 aliphatic rings. The summed E-state index contributed by atoms with van der Waals surface area (Å²) in [7, 11) is 0. The Morgan fingerprint density at radius 1 is 0.903 bits per heavy atom. The molecule has 2 heterocycles. The number of furan rings is 1. The molecule has 0 spiro atoms. The number of carbonyl (C=O) groups excluding carboxylic acids is 2. The highest BCUT2D eigenvalue weighted by molar-refractivity contribution is 5.94. The highest BCUT2D eigenvalue weighted by Crippen LogP contribution is 2.22. The second kappa shape index (κ2) is 9.58. The van der Waals surface area contributed by atoms with Crippen LogP contribution in [0.2, 0.25) is 0 Å². The highest BCUT2D eigenvalue weighted by atomic mass is 16.3. The molecule has 0 radical (unpaired) electrons. The van der Waals surface area contributed by atoms with E-state index in [9.17, 15) is 9.59 Å². The normalized spacial score (nSPS) is 10.6. The molecule has 0 saturated heterocycles. The summed E-state index contributed by atoms with van der Waals surface area (Å²) >= 11 is 0. The molecule has 2 aromatic heterocycles. The van der Waals surface area contributed by atoms with Gasteiger partial charge in [-0.3, -0.25) is 14.3 Å². The first-order valence-corrected chi connectivity index (χ1v) is 9.93. The summed E-state index contributed by atoms with van der Waals surface area (Å²) in [6, 6.07) is 23.1. The summed E-state index contributed by atoms with van der Waals surface area (Å²) in [6.45, 7) is 0.792. The fourth-order valence-corrected chi connectivity index (χ4v) is 3.19. The van der Waals surface area contributed by atoms with Gasteiger partial charge in [0.25, 0.3) is 5.91 Å². The first-order chi connectivity index (χ1) is 15.2. The van der Waals surface area contributed by atoms with Crippen molar-refractivity contribution in [3.8, 4) is 11.3 Å². The molecule has 0 saturated carbocycles. The lowest BCUT2D eigenvalue weighted by atomic mass is 10.1. The van der Waals surface area contributed by atoms with Crippen LogP contribution in [-0.4, -0.2) is 28.1 Å². The van der Waals surface area contributed by atoms with Crippen molar-refractivity contribution in [2.45, 2.75) is 13.1 Å². The molecular formula is C24H22N4O3. The van der Waals surface area contributed by atoms with Gasteiger partial charge in [0.2, 0.25) is 5.91 Å². The molecule has 0 bridgehead atoms. The number of rotatable bonds is 8. The minimum atomic E-state index is -0.430. The van der Waals surface area contributed by atoms with E-state index in [0.29, 0.717) is 13.1 Å². The van der Waals surface area contributed by atoms with Crippen LogP contribution in [0.1, 0.15) is 21.7 Å². The molecule has 0 fully saturated rings. The van der Waals surface area contributed by atoms with Crippen LogP contribution >= 0.6 is 0 Å². The predicted octanol–water partition coefficient (Wildman–Crippen LogP) is 3.24. The van der Waals surface area contributed by atoms with Crippen LogP contribution in [0.5, 0.6) is 0 Å². The van der Waals surface area contributed by atoms with E-state index < -0.39 is 5.91 Å². The lowest BCUT2D eigenvalue weighted by Crippen LogP contribution is -2.36. The Hall–Kier alpha value is -4.13. The van der Waals surface area contributed by atoms with Crippen molar-refractivity contribution in [2.75, 3.05) is 6.54 Å². The fourth-order valence-electron chi connectivity index (χ4n) is 3.19. The van der Waals surface area contributed by atoms with Crippen LogP contribution < -0.4 is 10.6 Å². The van der Waals surface area contributed by atoms with E-state index in [4.69, 9.17) is 9.52 Å². The standard InChI is InChI=1S/C24H22N4O3/c29-22(15-26-24(30)21-12-7-13-31-21)25-14-20-17-28(16-18-8-3-1-4-9-18)27-23(20)19-10-5-2-6-11-19/h1-13,17H,14-16H2,(H,25,29)(H,26,30). The van der Waals surface area contributed by atoms with E-state index in [1.54, 1.807) is 12.1 Å². The Labute approximate surface area is 179 Å². The summed E-state index contributed by atoms with van der Waals surface area (Å²) in [4.78, 5) is 24.2. The molecule has 4 rings (SSSR count). The van der Waals surface area contributed by atoms with E-state index in [1.165, 1.54) is 6.26 Å².